The number of fused-ring (bicyclic) bond motifs is 2. The lowest BCUT2D eigenvalue weighted by atomic mass is 9.90. The van der Waals surface area contributed by atoms with Gasteiger partial charge in [0.05, 0.1) is 10.9 Å². The van der Waals surface area contributed by atoms with Crippen LogP contribution < -0.4 is 4.74 Å². The van der Waals surface area contributed by atoms with E-state index in [1.54, 1.807) is 12.1 Å². The second kappa shape index (κ2) is 8.98. The molecule has 5 nitrogen and oxygen atoms in total. The summed E-state index contributed by atoms with van der Waals surface area (Å²) >= 11 is 0. The maximum atomic E-state index is 10.9. The van der Waals surface area contributed by atoms with Gasteiger partial charge in [-0.15, -0.1) is 0 Å². The highest BCUT2D eigenvalue weighted by molar-refractivity contribution is 5.90. The van der Waals surface area contributed by atoms with Crippen LogP contribution in [0.4, 0.5) is 0 Å². The summed E-state index contributed by atoms with van der Waals surface area (Å²) < 4.78 is 12.6. The molecule has 1 aromatic heterocycles. The Morgan fingerprint density at radius 1 is 0.941 bits per heavy atom. The second-order valence-corrected chi connectivity index (χ2v) is 9.71. The zero-order chi connectivity index (χ0) is 24.6. The van der Waals surface area contributed by atoms with E-state index >= 15 is 0 Å². The molecule has 0 radical (unpaired) electrons. The molecule has 34 heavy (non-hydrogen) atoms. The molecule has 3 aromatic rings. The Balaban J connectivity index is 1.86. The number of aromatic hydroxyl groups is 3. The zero-order valence-electron chi connectivity index (χ0n) is 20.4. The maximum Gasteiger partial charge on any atom is 0.142 e. The molecule has 0 aliphatic carbocycles. The van der Waals surface area contributed by atoms with Gasteiger partial charge >= 0.3 is 0 Å². The van der Waals surface area contributed by atoms with Crippen LogP contribution >= 0.6 is 0 Å². The van der Waals surface area contributed by atoms with E-state index in [4.69, 9.17) is 9.15 Å². The predicted octanol–water partition coefficient (Wildman–Crippen LogP) is 7.64. The predicted molar refractivity (Wildman–Crippen MR) is 137 cm³/mol. The van der Waals surface area contributed by atoms with Crippen LogP contribution in [0.1, 0.15) is 58.6 Å². The topological polar surface area (TPSA) is 83.1 Å². The summed E-state index contributed by atoms with van der Waals surface area (Å²) in [5.41, 5.74) is 4.52. The Labute approximate surface area is 200 Å². The molecular formula is C29H32O5. The molecule has 2 aromatic carbocycles. The van der Waals surface area contributed by atoms with Crippen molar-refractivity contribution in [2.24, 2.45) is 0 Å². The molecule has 178 valence electrons. The molecule has 0 fully saturated rings. The summed E-state index contributed by atoms with van der Waals surface area (Å²) in [4.78, 5) is 0. The molecule has 0 saturated heterocycles. The Morgan fingerprint density at radius 2 is 1.68 bits per heavy atom. The Bertz CT molecular complexity index is 1330. The highest BCUT2D eigenvalue weighted by Crippen LogP contribution is 2.47. The first-order chi connectivity index (χ1) is 16.1. The van der Waals surface area contributed by atoms with E-state index in [0.717, 1.165) is 24.0 Å². The third-order valence-corrected chi connectivity index (χ3v) is 6.11. The summed E-state index contributed by atoms with van der Waals surface area (Å²) in [7, 11) is 0. The number of phenols is 3. The molecule has 0 amide bonds. The minimum absolute atomic E-state index is 0.0657. The number of furan rings is 1. The minimum Gasteiger partial charge on any atom is -0.508 e. The average Bonchev–Trinajstić information content (AvgIpc) is 3.16. The molecule has 1 aliphatic rings. The number of allylic oxidation sites excluding steroid dienone is 4. The van der Waals surface area contributed by atoms with Crippen molar-refractivity contribution in [1.82, 2.24) is 0 Å². The van der Waals surface area contributed by atoms with Gasteiger partial charge < -0.3 is 24.5 Å². The fraction of sp³-hybridized carbons (Fsp3) is 0.310. The van der Waals surface area contributed by atoms with Crippen molar-refractivity contribution >= 4 is 17.0 Å². The average molecular weight is 461 g/mol. The van der Waals surface area contributed by atoms with Gasteiger partial charge in [-0.1, -0.05) is 23.3 Å². The maximum absolute atomic E-state index is 10.9. The standard InChI is InChI=1S/C29H32O5/c1-17(2)7-6-11-29(5)12-10-21-25(32)15-22(20(28(21)34-29)9-8-18(3)4)27-16-23-24(31)13-19(30)14-26(23)33-27/h7-8,10,12-16,30-32H,6,9,11H2,1-5H3. The van der Waals surface area contributed by atoms with Gasteiger partial charge in [0.1, 0.15) is 39.9 Å². The van der Waals surface area contributed by atoms with E-state index in [1.165, 1.54) is 17.7 Å². The van der Waals surface area contributed by atoms with Crippen LogP contribution in [-0.4, -0.2) is 20.9 Å². The number of phenolic OH excluding ortho intramolecular Hbond substituents is 3. The Kier molecular flexibility index (Phi) is 6.22. The van der Waals surface area contributed by atoms with Gasteiger partial charge in [0.15, 0.2) is 0 Å². The third-order valence-electron chi connectivity index (χ3n) is 6.11. The smallest absolute Gasteiger partial charge is 0.142 e. The quantitative estimate of drug-likeness (QED) is 0.329. The van der Waals surface area contributed by atoms with Crippen LogP contribution in [0.5, 0.6) is 23.0 Å². The van der Waals surface area contributed by atoms with Crippen LogP contribution in [0, 0.1) is 0 Å². The van der Waals surface area contributed by atoms with Crippen LogP contribution in [0.2, 0.25) is 0 Å². The van der Waals surface area contributed by atoms with Crippen molar-refractivity contribution in [3.8, 4) is 34.3 Å². The molecule has 0 bridgehead atoms. The molecule has 3 N–H and O–H groups in total. The molecule has 2 heterocycles. The molecule has 4 rings (SSSR count). The van der Waals surface area contributed by atoms with Gasteiger partial charge in [-0.25, -0.2) is 0 Å². The van der Waals surface area contributed by atoms with Crippen molar-refractivity contribution in [2.75, 3.05) is 0 Å². The Morgan fingerprint density at radius 3 is 2.38 bits per heavy atom. The number of rotatable bonds is 6. The lowest BCUT2D eigenvalue weighted by Gasteiger charge is -2.33. The largest absolute Gasteiger partial charge is 0.508 e. The van der Waals surface area contributed by atoms with Crippen molar-refractivity contribution < 1.29 is 24.5 Å². The van der Waals surface area contributed by atoms with E-state index in [-0.39, 0.29) is 17.2 Å². The monoisotopic (exact) mass is 460 g/mol. The lowest BCUT2D eigenvalue weighted by molar-refractivity contribution is 0.127. The normalized spacial score (nSPS) is 16.7. The fourth-order valence-corrected chi connectivity index (χ4v) is 4.26. The first-order valence-corrected chi connectivity index (χ1v) is 11.6. The highest BCUT2D eigenvalue weighted by Gasteiger charge is 2.31. The van der Waals surface area contributed by atoms with Crippen molar-refractivity contribution in [3.05, 3.63) is 64.8 Å². The minimum atomic E-state index is -0.512. The first-order valence-electron chi connectivity index (χ1n) is 11.6. The molecule has 5 heteroatoms. The summed E-state index contributed by atoms with van der Waals surface area (Å²) in [6.07, 6.45) is 10.6. The van der Waals surface area contributed by atoms with Crippen LogP contribution in [-0.2, 0) is 6.42 Å². The highest BCUT2D eigenvalue weighted by atomic mass is 16.5. The molecule has 0 spiro atoms. The van der Waals surface area contributed by atoms with Gasteiger partial charge in [0, 0.05) is 23.3 Å². The number of benzene rings is 2. The van der Waals surface area contributed by atoms with Crippen LogP contribution in [0.25, 0.3) is 28.4 Å². The van der Waals surface area contributed by atoms with Gasteiger partial charge in [0.2, 0.25) is 0 Å². The third kappa shape index (κ3) is 4.69. The van der Waals surface area contributed by atoms with Crippen LogP contribution in [0.15, 0.2) is 58.1 Å². The lowest BCUT2D eigenvalue weighted by Crippen LogP contribution is -2.32. The van der Waals surface area contributed by atoms with E-state index in [0.29, 0.717) is 40.0 Å². The number of ether oxygens (including phenoxy) is 1. The summed E-state index contributed by atoms with van der Waals surface area (Å²) in [5.74, 6) is 1.08. The SMILES string of the molecule is CC(C)=CCCC1(C)C=Cc2c(O)cc(-c3cc4c(O)cc(O)cc4o3)c(CC=C(C)C)c2O1. The van der Waals surface area contributed by atoms with Crippen LogP contribution in [0.3, 0.4) is 0 Å². The first kappa shape index (κ1) is 23.6. The van der Waals surface area contributed by atoms with E-state index in [1.807, 2.05) is 26.0 Å². The second-order valence-electron chi connectivity index (χ2n) is 9.71. The van der Waals surface area contributed by atoms with Crippen molar-refractivity contribution in [3.63, 3.8) is 0 Å². The van der Waals surface area contributed by atoms with Crippen molar-refractivity contribution in [2.45, 2.75) is 59.5 Å². The van der Waals surface area contributed by atoms with E-state index < -0.39 is 5.60 Å². The van der Waals surface area contributed by atoms with Gasteiger partial charge in [0.25, 0.3) is 0 Å². The zero-order valence-corrected chi connectivity index (χ0v) is 20.4. The molecule has 1 aliphatic heterocycles. The Hall–Kier alpha value is -3.60. The summed E-state index contributed by atoms with van der Waals surface area (Å²) in [6, 6.07) is 6.15. The fourth-order valence-electron chi connectivity index (χ4n) is 4.26. The van der Waals surface area contributed by atoms with E-state index in [9.17, 15) is 15.3 Å². The van der Waals surface area contributed by atoms with Gasteiger partial charge in [-0.3, -0.25) is 0 Å². The molecule has 1 unspecified atom stereocenters. The van der Waals surface area contributed by atoms with Gasteiger partial charge in [-0.05, 0) is 78.2 Å². The molecular weight excluding hydrogens is 428 g/mol. The number of hydrogen-bond acceptors (Lipinski definition) is 5. The van der Waals surface area contributed by atoms with Gasteiger partial charge in [-0.2, -0.15) is 0 Å². The number of hydrogen-bond donors (Lipinski definition) is 3. The van der Waals surface area contributed by atoms with Crippen molar-refractivity contribution in [1.29, 1.82) is 0 Å². The summed E-state index contributed by atoms with van der Waals surface area (Å²) in [5, 5.41) is 31.5. The summed E-state index contributed by atoms with van der Waals surface area (Å²) in [6.45, 7) is 10.3. The molecule has 0 saturated carbocycles. The molecule has 1 atom stereocenters. The van der Waals surface area contributed by atoms with E-state index in [2.05, 4.69) is 32.9 Å².